The van der Waals surface area contributed by atoms with Gasteiger partial charge in [0.25, 0.3) is 10.0 Å². The summed E-state index contributed by atoms with van der Waals surface area (Å²) < 4.78 is 28.7. The molecule has 6 N–H and O–H groups in total. The van der Waals surface area contributed by atoms with Gasteiger partial charge in [-0.05, 0) is 97.4 Å². The Balaban J connectivity index is 0.000000130. The maximum absolute atomic E-state index is 12.7. The average Bonchev–Trinajstić information content (AvgIpc) is 4.08. The summed E-state index contributed by atoms with van der Waals surface area (Å²) in [5.74, 6) is 1.21. The van der Waals surface area contributed by atoms with Gasteiger partial charge in [0.2, 0.25) is 11.2 Å². The minimum atomic E-state index is -3.76. The number of nitrogen functional groups attached to an aromatic ring is 1. The number of hydrogen-bond acceptors (Lipinski definition) is 14. The van der Waals surface area contributed by atoms with E-state index in [2.05, 4.69) is 56.8 Å². The van der Waals surface area contributed by atoms with E-state index < -0.39 is 10.0 Å². The third-order valence-electron chi connectivity index (χ3n) is 9.08. The molecule has 11 aromatic rings. The summed E-state index contributed by atoms with van der Waals surface area (Å²) in [4.78, 5) is 28.9. The summed E-state index contributed by atoms with van der Waals surface area (Å²) in [5.41, 5.74) is 16.6. The molecule has 0 aliphatic rings. The van der Waals surface area contributed by atoms with Crippen LogP contribution < -0.4 is 16.4 Å². The highest BCUT2D eigenvalue weighted by Gasteiger charge is 2.21. The van der Waals surface area contributed by atoms with E-state index in [1.807, 2.05) is 78.7 Å². The molecule has 20 heteroatoms. The number of nitrogens with zero attached hydrogens (tertiary/aromatic N) is 8. The first-order valence-corrected chi connectivity index (χ1v) is 21.8. The normalized spacial score (nSPS) is 11.4. The molecule has 4 aromatic carbocycles. The average molecular weight is 891 g/mol. The number of benzene rings is 4. The molecule has 0 saturated heterocycles. The number of halogens is 2. The molecule has 0 atom stereocenters. The lowest BCUT2D eigenvalue weighted by molar-refractivity contribution is 0.588. The number of aromatic amines is 2. The molecule has 0 radical (unpaired) electrons. The minimum absolute atomic E-state index is 0.105. The Morgan fingerprint density at radius 1 is 0.767 bits per heavy atom. The van der Waals surface area contributed by atoms with Gasteiger partial charge in [-0.1, -0.05) is 29.3 Å². The molecular formula is C40H29Cl2N13O2S3. The van der Waals surface area contributed by atoms with Crippen molar-refractivity contribution in [1.82, 2.24) is 49.1 Å². The van der Waals surface area contributed by atoms with Crippen molar-refractivity contribution in [3.05, 3.63) is 137 Å². The molecular weight excluding hydrogens is 862 g/mol. The SMILES string of the molecule is Cc1ccc(S(=O)(=O)n2ccc3c(Cl)nc(Cl)nc32)cc1.Nc1ccc2scnc2c1.c1cc2c(Nc3ccc4scnc4c3)nc(Nc3ccc4cn[nH]c4c3)nc2[nH]1. The van der Waals surface area contributed by atoms with Crippen LogP contribution in [0.3, 0.4) is 0 Å². The zero-order valence-corrected chi connectivity index (χ0v) is 35.0. The van der Waals surface area contributed by atoms with Gasteiger partial charge in [-0.2, -0.15) is 20.1 Å². The standard InChI is InChI=1S/C20H14N8S.C13H9Cl2N3O2S.C7H6N2S/c1-2-13(7-15-11(1)9-23-28-15)25-20-26-18-14(5-6-21-18)19(27-20)24-12-3-4-17-16(8-12)22-10-29-17;1-8-2-4-9(5-3-8)21(19,20)18-7-6-10-11(14)16-13(15)17-12(10)18;8-5-1-2-7-6(3-5)9-4-10-7/h1-10H,(H,23,28)(H3,21,24,25,26,27);2-7H,1H3;1-4H,8H2. The summed E-state index contributed by atoms with van der Waals surface area (Å²) in [6.07, 6.45) is 5.03. The molecule has 0 fully saturated rings. The molecule has 7 heterocycles. The van der Waals surface area contributed by atoms with Crippen LogP contribution in [0.25, 0.3) is 53.4 Å². The predicted octanol–water partition coefficient (Wildman–Crippen LogP) is 10.1. The molecule has 0 aliphatic carbocycles. The molecule has 0 amide bonds. The molecule has 11 rings (SSSR count). The number of aromatic nitrogens is 10. The third-order valence-corrected chi connectivity index (χ3v) is 12.8. The molecule has 0 aliphatic heterocycles. The van der Waals surface area contributed by atoms with Crippen LogP contribution in [0, 0.1) is 6.92 Å². The van der Waals surface area contributed by atoms with Crippen LogP contribution >= 0.6 is 45.9 Å². The van der Waals surface area contributed by atoms with E-state index in [0.29, 0.717) is 11.3 Å². The van der Waals surface area contributed by atoms with E-state index in [9.17, 15) is 8.42 Å². The van der Waals surface area contributed by atoms with Crippen molar-refractivity contribution in [2.75, 3.05) is 16.4 Å². The number of nitrogens with one attached hydrogen (secondary N) is 4. The summed E-state index contributed by atoms with van der Waals surface area (Å²) in [7, 11) is -3.76. The fourth-order valence-electron chi connectivity index (χ4n) is 6.13. The minimum Gasteiger partial charge on any atom is -0.399 e. The van der Waals surface area contributed by atoms with Gasteiger partial charge < -0.3 is 21.4 Å². The quantitative estimate of drug-likeness (QED) is 0.0600. The molecule has 60 heavy (non-hydrogen) atoms. The van der Waals surface area contributed by atoms with Crippen molar-refractivity contribution in [1.29, 1.82) is 0 Å². The zero-order chi connectivity index (χ0) is 41.4. The van der Waals surface area contributed by atoms with Crippen molar-refractivity contribution in [2.24, 2.45) is 0 Å². The van der Waals surface area contributed by atoms with Gasteiger partial charge in [0.05, 0.1) is 58.8 Å². The lowest BCUT2D eigenvalue weighted by Gasteiger charge is -2.10. The highest BCUT2D eigenvalue weighted by molar-refractivity contribution is 7.90. The fourth-order valence-corrected chi connectivity index (χ4v) is 9.18. The Labute approximate surface area is 358 Å². The highest BCUT2D eigenvalue weighted by Crippen LogP contribution is 2.30. The first-order chi connectivity index (χ1) is 29.1. The van der Waals surface area contributed by atoms with Crippen LogP contribution in [0.5, 0.6) is 0 Å². The number of aryl methyl sites for hydroxylation is 1. The van der Waals surface area contributed by atoms with Crippen molar-refractivity contribution < 1.29 is 8.42 Å². The summed E-state index contributed by atoms with van der Waals surface area (Å²) in [6, 6.07) is 27.9. The van der Waals surface area contributed by atoms with Crippen molar-refractivity contribution >= 4 is 138 Å². The Morgan fingerprint density at radius 3 is 2.30 bits per heavy atom. The Hall–Kier alpha value is -6.70. The largest absolute Gasteiger partial charge is 0.399 e. The topological polar surface area (TPSA) is 211 Å². The maximum Gasteiger partial charge on any atom is 0.269 e. The van der Waals surface area contributed by atoms with E-state index in [1.165, 1.54) is 10.9 Å². The smallest absolute Gasteiger partial charge is 0.269 e. The number of H-pyrrole nitrogens is 2. The first-order valence-electron chi connectivity index (χ1n) is 17.8. The van der Waals surface area contributed by atoms with E-state index >= 15 is 0 Å². The van der Waals surface area contributed by atoms with E-state index in [1.54, 1.807) is 59.2 Å². The number of fused-ring (bicyclic) bond motifs is 5. The van der Waals surface area contributed by atoms with Gasteiger partial charge in [-0.3, -0.25) is 5.10 Å². The van der Waals surface area contributed by atoms with E-state index in [0.717, 1.165) is 70.1 Å². The molecule has 0 bridgehead atoms. The fraction of sp³-hybridized carbons (Fsp3) is 0.0250. The summed E-state index contributed by atoms with van der Waals surface area (Å²) >= 11 is 15.0. The maximum atomic E-state index is 12.7. The van der Waals surface area contributed by atoms with Gasteiger partial charge in [0.15, 0.2) is 5.65 Å². The van der Waals surface area contributed by atoms with Gasteiger partial charge in [0, 0.05) is 34.8 Å². The second-order valence-corrected chi connectivity index (χ2v) is 17.4. The second-order valence-electron chi connectivity index (χ2n) is 13.1. The molecule has 0 saturated carbocycles. The van der Waals surface area contributed by atoms with E-state index in [-0.39, 0.29) is 21.0 Å². The number of anilines is 5. The summed E-state index contributed by atoms with van der Waals surface area (Å²) in [5, 5.41) is 16.1. The second kappa shape index (κ2) is 16.2. The lowest BCUT2D eigenvalue weighted by Crippen LogP contribution is -2.12. The van der Waals surface area contributed by atoms with Crippen molar-refractivity contribution in [3.63, 3.8) is 0 Å². The van der Waals surface area contributed by atoms with Crippen LogP contribution in [-0.2, 0) is 10.0 Å². The molecule has 0 unspecified atom stereocenters. The van der Waals surface area contributed by atoms with Crippen LogP contribution in [0.4, 0.5) is 28.8 Å². The number of nitrogens with two attached hydrogens (primary N) is 1. The monoisotopic (exact) mass is 889 g/mol. The molecule has 298 valence electrons. The molecule has 15 nitrogen and oxygen atoms in total. The first kappa shape index (κ1) is 38.8. The Bertz CT molecular complexity index is 3430. The zero-order valence-electron chi connectivity index (χ0n) is 31.0. The van der Waals surface area contributed by atoms with Crippen molar-refractivity contribution in [3.8, 4) is 0 Å². The summed E-state index contributed by atoms with van der Waals surface area (Å²) in [6.45, 7) is 1.88. The Morgan fingerprint density at radius 2 is 1.50 bits per heavy atom. The highest BCUT2D eigenvalue weighted by atomic mass is 35.5. The van der Waals surface area contributed by atoms with Gasteiger partial charge in [-0.15, -0.1) is 22.7 Å². The number of thiazole rings is 2. The van der Waals surface area contributed by atoms with Crippen molar-refractivity contribution in [2.45, 2.75) is 11.8 Å². The van der Waals surface area contributed by atoms with Gasteiger partial charge in [-0.25, -0.2) is 27.3 Å². The predicted molar refractivity (Wildman–Crippen MR) is 242 cm³/mol. The van der Waals surface area contributed by atoms with E-state index in [4.69, 9.17) is 33.9 Å². The van der Waals surface area contributed by atoms with Gasteiger partial charge >= 0.3 is 0 Å². The van der Waals surface area contributed by atoms with Crippen LogP contribution in [0.15, 0.2) is 126 Å². The van der Waals surface area contributed by atoms with Gasteiger partial charge in [0.1, 0.15) is 16.6 Å². The molecule has 7 aromatic heterocycles. The number of hydrogen-bond donors (Lipinski definition) is 5. The van der Waals surface area contributed by atoms with Crippen LogP contribution in [0.1, 0.15) is 5.56 Å². The molecule has 0 spiro atoms. The van der Waals surface area contributed by atoms with Crippen LogP contribution in [0.2, 0.25) is 10.4 Å². The number of rotatable bonds is 6. The third kappa shape index (κ3) is 8.01. The lowest BCUT2D eigenvalue weighted by atomic mass is 10.2. The Kier molecular flexibility index (Phi) is 10.4. The van der Waals surface area contributed by atoms with Crippen LogP contribution in [-0.4, -0.2) is 57.5 Å².